The van der Waals surface area contributed by atoms with Gasteiger partial charge in [-0.15, -0.1) is 0 Å². The quantitative estimate of drug-likeness (QED) is 0.203. The molecule has 4 aliphatic rings. The van der Waals surface area contributed by atoms with E-state index < -0.39 is 25.7 Å². The maximum Gasteiger partial charge on any atom is 0.261 e. The van der Waals surface area contributed by atoms with Gasteiger partial charge in [0.2, 0.25) is 0 Å². The van der Waals surface area contributed by atoms with Gasteiger partial charge in [0.05, 0.1) is 24.9 Å². The van der Waals surface area contributed by atoms with Gasteiger partial charge in [-0.05, 0) is 144 Å². The van der Waals surface area contributed by atoms with Crippen LogP contribution >= 0.6 is 34.8 Å². The van der Waals surface area contributed by atoms with E-state index in [0.717, 1.165) is 66.5 Å². The van der Waals surface area contributed by atoms with Crippen molar-refractivity contribution in [3.63, 3.8) is 0 Å². The molecular weight excluding hydrogens is 736 g/mol. The summed E-state index contributed by atoms with van der Waals surface area (Å²) >= 11 is 18.2. The molecule has 0 radical (unpaired) electrons. The SMILES string of the molecule is CS(=O)(=O)c1ccc(C2=C(c3ccc(F)c(Cl)c3)CC3(CC3)C2)cc1.O=S(=O)(NC1=C(c2ccc(Cl)c(Cl)c2)CC2(CC2)C1)c1ccccc1. The number of nitrogens with one attached hydrogen (secondary N) is 1. The van der Waals surface area contributed by atoms with E-state index in [0.29, 0.717) is 20.4 Å². The predicted octanol–water partition coefficient (Wildman–Crippen LogP) is 10.6. The minimum atomic E-state index is -3.59. The van der Waals surface area contributed by atoms with Gasteiger partial charge in [0.1, 0.15) is 5.82 Å². The second kappa shape index (κ2) is 13.1. The highest BCUT2D eigenvalue weighted by Gasteiger charge is 2.49. The molecule has 0 aliphatic heterocycles. The molecule has 260 valence electrons. The van der Waals surface area contributed by atoms with Crippen LogP contribution < -0.4 is 4.72 Å². The maximum absolute atomic E-state index is 13.5. The molecule has 0 saturated heterocycles. The zero-order chi connectivity index (χ0) is 35.5. The fraction of sp³-hybridized carbons (Fsp3) is 0.282. The molecule has 50 heavy (non-hydrogen) atoms. The van der Waals surface area contributed by atoms with E-state index in [4.69, 9.17) is 34.8 Å². The zero-order valence-electron chi connectivity index (χ0n) is 27.3. The lowest BCUT2D eigenvalue weighted by molar-refractivity contribution is 0.543. The summed E-state index contributed by atoms with van der Waals surface area (Å²) in [6, 6.07) is 25.9. The van der Waals surface area contributed by atoms with Gasteiger partial charge in [0, 0.05) is 12.0 Å². The molecule has 0 unspecified atom stereocenters. The van der Waals surface area contributed by atoms with E-state index in [1.165, 1.54) is 36.3 Å². The first-order chi connectivity index (χ1) is 23.7. The minimum absolute atomic E-state index is 0.133. The van der Waals surface area contributed by atoms with Gasteiger partial charge in [-0.1, -0.05) is 77.3 Å². The molecule has 0 amide bonds. The third-order valence-electron chi connectivity index (χ3n) is 10.3. The van der Waals surface area contributed by atoms with Crippen molar-refractivity contribution in [1.29, 1.82) is 0 Å². The Balaban J connectivity index is 0.000000157. The first kappa shape index (κ1) is 35.3. The van der Waals surface area contributed by atoms with Crippen molar-refractivity contribution < 1.29 is 21.2 Å². The smallest absolute Gasteiger partial charge is 0.261 e. The molecule has 0 heterocycles. The molecule has 2 saturated carbocycles. The maximum atomic E-state index is 13.5. The number of halogens is 4. The fourth-order valence-electron chi connectivity index (χ4n) is 7.13. The Morgan fingerprint density at radius 3 is 1.68 bits per heavy atom. The molecule has 8 rings (SSSR count). The molecule has 1 N–H and O–H groups in total. The molecule has 5 nitrogen and oxygen atoms in total. The molecule has 4 aliphatic carbocycles. The summed E-state index contributed by atoms with van der Waals surface area (Å²) in [5.74, 6) is -0.413. The van der Waals surface area contributed by atoms with Gasteiger partial charge in [-0.2, -0.15) is 0 Å². The van der Waals surface area contributed by atoms with Crippen LogP contribution in [0.5, 0.6) is 0 Å². The van der Waals surface area contributed by atoms with Gasteiger partial charge in [0.15, 0.2) is 9.84 Å². The van der Waals surface area contributed by atoms with Crippen LogP contribution in [0.3, 0.4) is 0 Å². The first-order valence-corrected chi connectivity index (χ1v) is 20.9. The van der Waals surface area contributed by atoms with Crippen molar-refractivity contribution in [1.82, 2.24) is 4.72 Å². The van der Waals surface area contributed by atoms with Crippen molar-refractivity contribution in [2.45, 2.75) is 61.2 Å². The summed E-state index contributed by atoms with van der Waals surface area (Å²) in [7, 11) is -6.80. The summed E-state index contributed by atoms with van der Waals surface area (Å²) in [6.45, 7) is 0. The predicted molar refractivity (Wildman–Crippen MR) is 200 cm³/mol. The van der Waals surface area contributed by atoms with Crippen molar-refractivity contribution in [2.24, 2.45) is 10.8 Å². The van der Waals surface area contributed by atoms with Gasteiger partial charge in [-0.3, -0.25) is 4.72 Å². The Morgan fingerprint density at radius 1 is 0.580 bits per heavy atom. The summed E-state index contributed by atoms with van der Waals surface area (Å²) in [6.07, 6.45) is 9.47. The van der Waals surface area contributed by atoms with Crippen LogP contribution in [0.25, 0.3) is 16.7 Å². The average molecular weight is 771 g/mol. The van der Waals surface area contributed by atoms with E-state index >= 15 is 0 Å². The van der Waals surface area contributed by atoms with Crippen LogP contribution in [0.2, 0.25) is 15.1 Å². The third kappa shape index (κ3) is 7.42. The molecule has 0 aromatic heterocycles. The number of hydrogen-bond donors (Lipinski definition) is 1. The zero-order valence-corrected chi connectivity index (χ0v) is 31.2. The third-order valence-corrected chi connectivity index (χ3v) is 13.9. The average Bonchev–Trinajstić information content (AvgIpc) is 3.95. The van der Waals surface area contributed by atoms with Crippen molar-refractivity contribution in [3.05, 3.63) is 134 Å². The Kier molecular flexibility index (Phi) is 9.26. The van der Waals surface area contributed by atoms with Crippen molar-refractivity contribution >= 4 is 71.4 Å². The number of sulfonamides is 1. The second-order valence-electron chi connectivity index (χ2n) is 14.1. The Bertz CT molecular complexity index is 2280. The van der Waals surface area contributed by atoms with Crippen LogP contribution in [-0.2, 0) is 19.9 Å². The van der Waals surface area contributed by atoms with E-state index in [1.807, 2.05) is 24.3 Å². The van der Waals surface area contributed by atoms with Gasteiger partial charge in [0.25, 0.3) is 10.0 Å². The van der Waals surface area contributed by atoms with E-state index in [9.17, 15) is 21.2 Å². The minimum Gasteiger partial charge on any atom is -0.283 e. The number of sulfone groups is 1. The number of rotatable bonds is 7. The highest BCUT2D eigenvalue weighted by Crippen LogP contribution is 2.64. The van der Waals surface area contributed by atoms with Gasteiger partial charge < -0.3 is 0 Å². The Morgan fingerprint density at radius 2 is 1.10 bits per heavy atom. The van der Waals surface area contributed by atoms with E-state index in [2.05, 4.69) is 4.72 Å². The monoisotopic (exact) mass is 769 g/mol. The molecule has 0 bridgehead atoms. The van der Waals surface area contributed by atoms with Crippen LogP contribution in [0, 0.1) is 16.6 Å². The van der Waals surface area contributed by atoms with Crippen LogP contribution in [0.1, 0.15) is 68.1 Å². The van der Waals surface area contributed by atoms with Crippen LogP contribution in [0.15, 0.2) is 106 Å². The van der Waals surface area contributed by atoms with Crippen molar-refractivity contribution in [3.8, 4) is 0 Å². The molecule has 2 fully saturated rings. The van der Waals surface area contributed by atoms with E-state index in [-0.39, 0.29) is 15.3 Å². The standard InChI is InChI=1S/C20H18ClFO2S.C19H17Cl2NO2S/c1-25(23,24)15-5-2-13(3-6-15)16-11-20(8-9-20)12-17(16)14-4-7-19(22)18(21)10-14;20-16-7-6-13(10-17(16)21)15-11-19(8-9-19)12-18(15)22-25(23,24)14-4-2-1-3-5-14/h2-7,10H,8-9,11-12H2,1H3;1-7,10,22H,8-9,11-12H2. The number of benzene rings is 4. The highest BCUT2D eigenvalue weighted by atomic mass is 35.5. The summed E-state index contributed by atoms with van der Waals surface area (Å²) in [5.41, 5.74) is 7.70. The normalized spacial score (nSPS) is 18.7. The summed E-state index contributed by atoms with van der Waals surface area (Å²) in [5, 5.41) is 1.11. The lowest BCUT2D eigenvalue weighted by atomic mass is 9.97. The van der Waals surface area contributed by atoms with Gasteiger partial charge in [-0.25, -0.2) is 21.2 Å². The molecule has 11 heteroatoms. The topological polar surface area (TPSA) is 80.3 Å². The second-order valence-corrected chi connectivity index (χ2v) is 19.0. The number of allylic oxidation sites excluding steroid dienone is 4. The van der Waals surface area contributed by atoms with Gasteiger partial charge >= 0.3 is 0 Å². The highest BCUT2D eigenvalue weighted by molar-refractivity contribution is 7.90. The summed E-state index contributed by atoms with van der Waals surface area (Å²) < 4.78 is 65.1. The lowest BCUT2D eigenvalue weighted by Gasteiger charge is -2.12. The van der Waals surface area contributed by atoms with Crippen LogP contribution in [-0.4, -0.2) is 23.1 Å². The van der Waals surface area contributed by atoms with Crippen molar-refractivity contribution in [2.75, 3.05) is 6.26 Å². The Hall–Kier alpha value is -3.14. The molecule has 4 aromatic carbocycles. The first-order valence-electron chi connectivity index (χ1n) is 16.4. The van der Waals surface area contributed by atoms with E-state index in [1.54, 1.807) is 60.7 Å². The largest absolute Gasteiger partial charge is 0.283 e. The molecule has 2 spiro atoms. The fourth-order valence-corrected chi connectivity index (χ4v) is 9.39. The molecule has 0 atom stereocenters. The molecule has 4 aromatic rings. The number of hydrogen-bond acceptors (Lipinski definition) is 4. The molecular formula is C39H35Cl3FNO4S2. The lowest BCUT2D eigenvalue weighted by Crippen LogP contribution is -2.23. The summed E-state index contributed by atoms with van der Waals surface area (Å²) in [4.78, 5) is 0.593. The van der Waals surface area contributed by atoms with Crippen LogP contribution in [0.4, 0.5) is 4.39 Å². The Labute approximate surface area is 308 Å².